The number of halogens is 2. The van der Waals surface area contributed by atoms with E-state index in [1.165, 1.54) is 6.07 Å². The zero-order chi connectivity index (χ0) is 16.6. The average molecular weight is 316 g/mol. The second-order valence-corrected chi connectivity index (χ2v) is 5.40. The molecule has 4 nitrogen and oxygen atoms in total. The summed E-state index contributed by atoms with van der Waals surface area (Å²) < 4.78 is 26.0. The van der Waals surface area contributed by atoms with Crippen LogP contribution >= 0.6 is 0 Å². The number of fused-ring (bicyclic) bond motifs is 1. The third-order valence-corrected chi connectivity index (χ3v) is 3.86. The molecule has 0 bridgehead atoms. The van der Waals surface area contributed by atoms with Crippen molar-refractivity contribution in [3.8, 4) is 0 Å². The smallest absolute Gasteiger partial charge is 0.251 e. The van der Waals surface area contributed by atoms with Crippen LogP contribution in [0.15, 0.2) is 36.4 Å². The molecule has 2 amide bonds. The Morgan fingerprint density at radius 3 is 2.70 bits per heavy atom. The molecule has 1 N–H and O–H groups in total. The van der Waals surface area contributed by atoms with Crippen LogP contribution in [0.3, 0.4) is 0 Å². The molecule has 1 heterocycles. The van der Waals surface area contributed by atoms with Crippen molar-refractivity contribution in [1.29, 1.82) is 0 Å². The van der Waals surface area contributed by atoms with Gasteiger partial charge in [0, 0.05) is 24.8 Å². The van der Waals surface area contributed by atoms with Gasteiger partial charge in [-0.2, -0.15) is 0 Å². The van der Waals surface area contributed by atoms with Crippen molar-refractivity contribution in [2.24, 2.45) is 0 Å². The normalized spacial score (nSPS) is 13.2. The van der Waals surface area contributed by atoms with Crippen LogP contribution < -0.4 is 10.2 Å². The molecular formula is C17H14F2N2O2. The molecular weight excluding hydrogens is 302 g/mol. The lowest BCUT2D eigenvalue weighted by Crippen LogP contribution is -2.23. The third kappa shape index (κ3) is 2.92. The van der Waals surface area contributed by atoms with Crippen molar-refractivity contribution >= 4 is 17.5 Å². The Labute approximate surface area is 131 Å². The summed E-state index contributed by atoms with van der Waals surface area (Å²) >= 11 is 0. The lowest BCUT2D eigenvalue weighted by molar-refractivity contribution is -0.117. The Balaban J connectivity index is 1.69. The molecule has 0 radical (unpaired) electrons. The summed E-state index contributed by atoms with van der Waals surface area (Å²) in [5, 5.41) is 2.65. The summed E-state index contributed by atoms with van der Waals surface area (Å²) in [7, 11) is 1.72. The fraction of sp³-hybridized carbons (Fsp3) is 0.176. The number of carbonyl (C=O) groups excluding carboxylic acids is 2. The molecule has 0 unspecified atom stereocenters. The molecule has 0 saturated carbocycles. The second kappa shape index (κ2) is 5.79. The van der Waals surface area contributed by atoms with Crippen LogP contribution in [0, 0.1) is 11.6 Å². The van der Waals surface area contributed by atoms with Crippen LogP contribution in [0.5, 0.6) is 0 Å². The van der Waals surface area contributed by atoms with Crippen molar-refractivity contribution in [3.05, 3.63) is 64.7 Å². The van der Waals surface area contributed by atoms with Crippen molar-refractivity contribution in [2.45, 2.75) is 13.0 Å². The minimum absolute atomic E-state index is 0.0305. The number of benzene rings is 2. The van der Waals surface area contributed by atoms with Gasteiger partial charge in [0.1, 0.15) is 0 Å². The summed E-state index contributed by atoms with van der Waals surface area (Å²) in [6.07, 6.45) is 0.344. The zero-order valence-corrected chi connectivity index (χ0v) is 12.4. The van der Waals surface area contributed by atoms with Crippen molar-refractivity contribution in [1.82, 2.24) is 5.32 Å². The Kier molecular flexibility index (Phi) is 3.82. The summed E-state index contributed by atoms with van der Waals surface area (Å²) in [5.41, 5.74) is 2.67. The van der Waals surface area contributed by atoms with Gasteiger partial charge in [0.15, 0.2) is 11.6 Å². The fourth-order valence-electron chi connectivity index (χ4n) is 2.56. The third-order valence-electron chi connectivity index (χ3n) is 3.86. The first kappa shape index (κ1) is 15.1. The molecule has 0 aromatic heterocycles. The van der Waals surface area contributed by atoms with Gasteiger partial charge in [-0.1, -0.05) is 12.1 Å². The van der Waals surface area contributed by atoms with E-state index in [0.29, 0.717) is 6.42 Å². The second-order valence-electron chi connectivity index (χ2n) is 5.40. The maximum Gasteiger partial charge on any atom is 0.251 e. The minimum Gasteiger partial charge on any atom is -0.348 e. The highest BCUT2D eigenvalue weighted by molar-refractivity contribution is 6.01. The molecule has 0 atom stereocenters. The SMILES string of the molecule is CN1C(=O)Cc2cc(CNC(=O)c3ccc(F)c(F)c3)ccc21. The maximum atomic E-state index is 13.1. The first-order valence-corrected chi connectivity index (χ1v) is 7.07. The standard InChI is InChI=1S/C17H14F2N2O2/c1-21-15-5-2-10(6-12(15)8-16(21)22)9-20-17(23)11-3-4-13(18)14(19)7-11/h2-7H,8-9H2,1H3,(H,20,23). The van der Waals surface area contributed by atoms with Crippen molar-refractivity contribution in [2.75, 3.05) is 11.9 Å². The summed E-state index contributed by atoms with van der Waals surface area (Å²) in [6, 6.07) is 8.52. The van der Waals surface area contributed by atoms with Crippen LogP contribution in [-0.2, 0) is 17.8 Å². The molecule has 2 aromatic rings. The molecule has 1 aliphatic rings. The largest absolute Gasteiger partial charge is 0.348 e. The number of rotatable bonds is 3. The molecule has 6 heteroatoms. The van der Waals surface area contributed by atoms with Crippen LogP contribution in [0.2, 0.25) is 0 Å². The minimum atomic E-state index is -1.06. The predicted molar refractivity (Wildman–Crippen MR) is 81.1 cm³/mol. The van der Waals surface area contributed by atoms with Gasteiger partial charge in [0.05, 0.1) is 6.42 Å². The van der Waals surface area contributed by atoms with E-state index in [1.807, 2.05) is 18.2 Å². The molecule has 23 heavy (non-hydrogen) atoms. The number of nitrogens with zero attached hydrogens (tertiary/aromatic N) is 1. The monoisotopic (exact) mass is 316 g/mol. The summed E-state index contributed by atoms with van der Waals surface area (Å²) in [6.45, 7) is 0.239. The van der Waals surface area contributed by atoms with Gasteiger partial charge in [-0.25, -0.2) is 8.78 Å². The predicted octanol–water partition coefficient (Wildman–Crippen LogP) is 2.41. The van der Waals surface area contributed by atoms with E-state index in [-0.39, 0.29) is 18.0 Å². The van der Waals surface area contributed by atoms with Gasteiger partial charge in [-0.3, -0.25) is 9.59 Å². The zero-order valence-electron chi connectivity index (χ0n) is 12.4. The molecule has 0 saturated heterocycles. The van der Waals surface area contributed by atoms with Crippen LogP contribution in [0.25, 0.3) is 0 Å². The maximum absolute atomic E-state index is 13.1. The number of hydrogen-bond acceptors (Lipinski definition) is 2. The number of amides is 2. The van der Waals surface area contributed by atoms with Gasteiger partial charge < -0.3 is 10.2 Å². The lowest BCUT2D eigenvalue weighted by atomic mass is 10.1. The fourth-order valence-corrected chi connectivity index (χ4v) is 2.56. The van der Waals surface area contributed by atoms with Gasteiger partial charge in [-0.05, 0) is 35.4 Å². The molecule has 1 aliphatic heterocycles. The van der Waals surface area contributed by atoms with Crippen molar-refractivity contribution in [3.63, 3.8) is 0 Å². The number of likely N-dealkylation sites (N-methyl/N-ethyl adjacent to an activating group) is 1. The highest BCUT2D eigenvalue weighted by Gasteiger charge is 2.23. The highest BCUT2D eigenvalue weighted by Crippen LogP contribution is 2.28. The van der Waals surface area contributed by atoms with E-state index >= 15 is 0 Å². The van der Waals surface area contributed by atoms with Crippen LogP contribution in [-0.4, -0.2) is 18.9 Å². The Morgan fingerprint density at radius 1 is 1.17 bits per heavy atom. The van der Waals surface area contributed by atoms with Crippen molar-refractivity contribution < 1.29 is 18.4 Å². The lowest BCUT2D eigenvalue weighted by Gasteiger charge is -2.11. The van der Waals surface area contributed by atoms with Gasteiger partial charge >= 0.3 is 0 Å². The quantitative estimate of drug-likeness (QED) is 0.945. The summed E-state index contributed by atoms with van der Waals surface area (Å²) in [4.78, 5) is 25.2. The Bertz CT molecular complexity index is 805. The van der Waals surface area contributed by atoms with E-state index < -0.39 is 17.5 Å². The van der Waals surface area contributed by atoms with Crippen LogP contribution in [0.4, 0.5) is 14.5 Å². The van der Waals surface area contributed by atoms with E-state index in [1.54, 1.807) is 11.9 Å². The molecule has 0 fully saturated rings. The van der Waals surface area contributed by atoms with E-state index in [0.717, 1.165) is 28.9 Å². The number of hydrogen-bond donors (Lipinski definition) is 1. The molecule has 3 rings (SSSR count). The number of anilines is 1. The van der Waals surface area contributed by atoms with E-state index in [9.17, 15) is 18.4 Å². The topological polar surface area (TPSA) is 49.4 Å². The molecule has 2 aromatic carbocycles. The van der Waals surface area contributed by atoms with Gasteiger partial charge in [0.25, 0.3) is 5.91 Å². The molecule has 0 aliphatic carbocycles. The van der Waals surface area contributed by atoms with Gasteiger partial charge in [-0.15, -0.1) is 0 Å². The highest BCUT2D eigenvalue weighted by atomic mass is 19.2. The van der Waals surface area contributed by atoms with E-state index in [4.69, 9.17) is 0 Å². The Morgan fingerprint density at radius 2 is 1.96 bits per heavy atom. The molecule has 0 spiro atoms. The van der Waals surface area contributed by atoms with E-state index in [2.05, 4.69) is 5.32 Å². The van der Waals surface area contributed by atoms with Gasteiger partial charge in [0.2, 0.25) is 5.91 Å². The Hall–Kier alpha value is -2.76. The number of nitrogens with one attached hydrogen (secondary N) is 1. The summed E-state index contributed by atoms with van der Waals surface area (Å²) in [5.74, 6) is -2.51. The molecule has 118 valence electrons. The van der Waals surface area contributed by atoms with Crippen LogP contribution in [0.1, 0.15) is 21.5 Å². The average Bonchev–Trinajstić information content (AvgIpc) is 2.82. The number of carbonyl (C=O) groups is 2. The first-order chi connectivity index (χ1) is 11.0. The first-order valence-electron chi connectivity index (χ1n) is 7.07.